The van der Waals surface area contributed by atoms with E-state index in [1.165, 1.54) is 34.0 Å². The first-order valence-corrected chi connectivity index (χ1v) is 22.8. The van der Waals surface area contributed by atoms with Gasteiger partial charge in [0.15, 0.2) is 0 Å². The molecule has 0 bridgehead atoms. The Kier molecular flexibility index (Phi) is 17.0. The van der Waals surface area contributed by atoms with Gasteiger partial charge in [-0.05, 0) is 120 Å². The van der Waals surface area contributed by atoms with Crippen LogP contribution in [0.3, 0.4) is 0 Å². The third kappa shape index (κ3) is 13.5. The van der Waals surface area contributed by atoms with E-state index in [0.717, 1.165) is 33.4 Å². The molecule has 6 rings (SSSR count). The SMILES string of the molecule is O=C(Cc1ccsc1)N[C@@H](CO)C(=O)Nc1ccc(C(c2ccc(NC(=O)[C@H](CO)NC(=O)Cc3ccsc3)cc2)c2ccc(NC(=O)[C@H](CO)NC(=O)Cc3ccsc3)cc2)cc1. The molecule has 0 spiro atoms. The molecule has 0 saturated heterocycles. The smallest absolute Gasteiger partial charge is 0.249 e. The molecule has 6 amide bonds. The minimum atomic E-state index is -1.18. The second kappa shape index (κ2) is 23.2. The summed E-state index contributed by atoms with van der Waals surface area (Å²) in [4.78, 5) is 76.9. The third-order valence-electron chi connectivity index (χ3n) is 9.87. The van der Waals surface area contributed by atoms with E-state index < -0.39 is 79.3 Å². The molecule has 3 atom stereocenters. The summed E-state index contributed by atoms with van der Waals surface area (Å²) in [5.74, 6) is -3.45. The van der Waals surface area contributed by atoms with Crippen molar-refractivity contribution in [3.8, 4) is 0 Å². The molecular weight excluding hydrogens is 877 g/mol. The van der Waals surface area contributed by atoms with Crippen LogP contribution >= 0.6 is 34.0 Å². The first-order chi connectivity index (χ1) is 31.0. The van der Waals surface area contributed by atoms with Crippen molar-refractivity contribution >= 4 is 86.5 Å². The molecular formula is C46H46N6O9S3. The van der Waals surface area contributed by atoms with E-state index in [1.54, 1.807) is 36.4 Å². The van der Waals surface area contributed by atoms with Crippen LogP contribution in [-0.2, 0) is 48.0 Å². The normalized spacial score (nSPS) is 12.4. The van der Waals surface area contributed by atoms with Crippen molar-refractivity contribution in [1.82, 2.24) is 16.0 Å². The summed E-state index contributed by atoms with van der Waals surface area (Å²) in [6, 6.07) is 22.9. The van der Waals surface area contributed by atoms with E-state index in [0.29, 0.717) is 17.1 Å². The predicted molar refractivity (Wildman–Crippen MR) is 247 cm³/mol. The van der Waals surface area contributed by atoms with Gasteiger partial charge in [-0.25, -0.2) is 0 Å². The zero-order valence-electron chi connectivity index (χ0n) is 34.2. The quantitative estimate of drug-likeness (QED) is 0.0474. The number of aliphatic hydroxyl groups is 3. The molecule has 0 saturated carbocycles. The fraction of sp³-hybridized carbons (Fsp3) is 0.217. The van der Waals surface area contributed by atoms with Crippen molar-refractivity contribution in [2.75, 3.05) is 35.8 Å². The van der Waals surface area contributed by atoms with Crippen LogP contribution in [0.5, 0.6) is 0 Å². The lowest BCUT2D eigenvalue weighted by molar-refractivity contribution is -0.126. The molecule has 15 nitrogen and oxygen atoms in total. The number of aliphatic hydroxyl groups excluding tert-OH is 3. The Morgan fingerprint density at radius 3 is 0.891 bits per heavy atom. The van der Waals surface area contributed by atoms with Crippen LogP contribution in [-0.4, -0.2) is 88.7 Å². The molecule has 0 aliphatic rings. The van der Waals surface area contributed by atoms with Crippen LogP contribution in [0.25, 0.3) is 0 Å². The standard InChI is InChI=1S/C46H46N6O9S3/c53-22-37(50-40(56)19-28-13-16-62-25-28)44(59)47-34-7-1-31(2-8-34)43(32-3-9-35(10-4-32)48-45(60)38(23-54)51-41(57)20-29-14-17-63-26-29)33-5-11-36(12-6-33)49-46(61)39(24-55)52-42(58)21-30-15-18-64-27-30/h1-18,25-27,37-39,43,53-55H,19-24H2,(H,47,59)(H,48,60)(H,49,61)(H,50,56)(H,51,57)(H,52,58)/t37-,38-,39-/m0/s1. The van der Waals surface area contributed by atoms with Crippen molar-refractivity contribution < 1.29 is 44.1 Å². The first-order valence-electron chi connectivity index (χ1n) is 20.0. The average Bonchev–Trinajstić information content (AvgIpc) is 4.12. The Morgan fingerprint density at radius 1 is 0.406 bits per heavy atom. The Bertz CT molecular complexity index is 2190. The van der Waals surface area contributed by atoms with Crippen LogP contribution < -0.4 is 31.9 Å². The Balaban J connectivity index is 1.17. The summed E-state index contributed by atoms with van der Waals surface area (Å²) in [5.41, 5.74) is 6.00. The second-order valence-electron chi connectivity index (χ2n) is 14.6. The first kappa shape index (κ1) is 47.0. The largest absolute Gasteiger partial charge is 0.394 e. The molecule has 0 aliphatic carbocycles. The van der Waals surface area contributed by atoms with Crippen molar-refractivity contribution in [3.63, 3.8) is 0 Å². The number of amides is 6. The van der Waals surface area contributed by atoms with Gasteiger partial charge in [-0.1, -0.05) is 36.4 Å². The number of hydrogen-bond donors (Lipinski definition) is 9. The van der Waals surface area contributed by atoms with Gasteiger partial charge < -0.3 is 47.2 Å². The number of carbonyl (C=O) groups excluding carboxylic acids is 6. The monoisotopic (exact) mass is 922 g/mol. The minimum Gasteiger partial charge on any atom is -0.394 e. The van der Waals surface area contributed by atoms with Crippen LogP contribution in [0.1, 0.15) is 39.3 Å². The van der Waals surface area contributed by atoms with Gasteiger partial charge in [0.2, 0.25) is 35.4 Å². The summed E-state index contributed by atoms with van der Waals surface area (Å²) in [6.45, 7) is -1.82. The number of nitrogens with one attached hydrogen (secondary N) is 6. The summed E-state index contributed by atoms with van der Waals surface area (Å²) in [6.07, 6.45) is 0.207. The molecule has 0 fully saturated rings. The maximum atomic E-state index is 13.1. The van der Waals surface area contributed by atoms with Gasteiger partial charge in [0.1, 0.15) is 18.1 Å². The molecule has 0 radical (unpaired) electrons. The Hall–Kier alpha value is -6.54. The summed E-state index contributed by atoms with van der Waals surface area (Å²) >= 11 is 4.35. The molecule has 64 heavy (non-hydrogen) atoms. The lowest BCUT2D eigenvalue weighted by Gasteiger charge is -2.21. The van der Waals surface area contributed by atoms with Crippen LogP contribution in [0.4, 0.5) is 17.1 Å². The lowest BCUT2D eigenvalue weighted by atomic mass is 9.85. The number of benzene rings is 3. The number of hydrogen-bond acceptors (Lipinski definition) is 12. The van der Waals surface area contributed by atoms with Gasteiger partial charge in [0.05, 0.1) is 39.1 Å². The molecule has 0 unspecified atom stereocenters. The number of carbonyl (C=O) groups is 6. The van der Waals surface area contributed by atoms with E-state index in [4.69, 9.17) is 0 Å². The zero-order valence-corrected chi connectivity index (χ0v) is 36.6. The fourth-order valence-corrected chi connectivity index (χ4v) is 8.60. The Labute approximate surface area is 380 Å². The van der Waals surface area contributed by atoms with E-state index in [1.807, 2.05) is 86.9 Å². The maximum Gasteiger partial charge on any atom is 0.249 e. The number of thiophene rings is 3. The molecule has 3 aromatic carbocycles. The highest BCUT2D eigenvalue weighted by Crippen LogP contribution is 2.34. The van der Waals surface area contributed by atoms with Gasteiger partial charge >= 0.3 is 0 Å². The van der Waals surface area contributed by atoms with E-state index >= 15 is 0 Å². The summed E-state index contributed by atoms with van der Waals surface area (Å²) < 4.78 is 0. The lowest BCUT2D eigenvalue weighted by Crippen LogP contribution is -2.46. The zero-order chi connectivity index (χ0) is 45.4. The molecule has 18 heteroatoms. The van der Waals surface area contributed by atoms with Crippen LogP contribution in [0.2, 0.25) is 0 Å². The highest BCUT2D eigenvalue weighted by Gasteiger charge is 2.24. The molecule has 9 N–H and O–H groups in total. The van der Waals surface area contributed by atoms with Crippen molar-refractivity contribution in [2.45, 2.75) is 43.3 Å². The summed E-state index contributed by atoms with van der Waals surface area (Å²) in [5, 5.41) is 56.7. The minimum absolute atomic E-state index is 0.0689. The summed E-state index contributed by atoms with van der Waals surface area (Å²) in [7, 11) is 0. The number of anilines is 3. The second-order valence-corrected chi connectivity index (χ2v) is 16.9. The van der Waals surface area contributed by atoms with Gasteiger partial charge in [-0.15, -0.1) is 0 Å². The molecule has 3 heterocycles. The highest BCUT2D eigenvalue weighted by molar-refractivity contribution is 7.08. The van der Waals surface area contributed by atoms with Crippen molar-refractivity contribution in [1.29, 1.82) is 0 Å². The molecule has 0 aliphatic heterocycles. The molecule has 6 aromatic rings. The van der Waals surface area contributed by atoms with Gasteiger partial charge in [0.25, 0.3) is 0 Å². The van der Waals surface area contributed by atoms with E-state index in [2.05, 4.69) is 31.9 Å². The topological polar surface area (TPSA) is 235 Å². The predicted octanol–water partition coefficient (Wildman–Crippen LogP) is 4.03. The van der Waals surface area contributed by atoms with E-state index in [-0.39, 0.29) is 19.3 Å². The average molecular weight is 923 g/mol. The van der Waals surface area contributed by atoms with Gasteiger partial charge in [0, 0.05) is 23.0 Å². The van der Waals surface area contributed by atoms with Crippen LogP contribution in [0.15, 0.2) is 123 Å². The fourth-order valence-electron chi connectivity index (χ4n) is 6.60. The highest BCUT2D eigenvalue weighted by atomic mass is 32.1. The Morgan fingerprint density at radius 2 is 0.672 bits per heavy atom. The number of rotatable bonds is 21. The molecule has 332 valence electrons. The van der Waals surface area contributed by atoms with Gasteiger partial charge in [-0.3, -0.25) is 28.8 Å². The maximum absolute atomic E-state index is 13.1. The van der Waals surface area contributed by atoms with Crippen molar-refractivity contribution in [3.05, 3.63) is 157 Å². The van der Waals surface area contributed by atoms with Crippen molar-refractivity contribution in [2.24, 2.45) is 0 Å². The molecule has 3 aromatic heterocycles. The van der Waals surface area contributed by atoms with E-state index in [9.17, 15) is 44.1 Å². The third-order valence-corrected chi connectivity index (χ3v) is 12.1. The van der Waals surface area contributed by atoms with Crippen LogP contribution in [0, 0.1) is 0 Å². The van der Waals surface area contributed by atoms with Gasteiger partial charge in [-0.2, -0.15) is 34.0 Å².